The predicted molar refractivity (Wildman–Crippen MR) is 101 cm³/mol. The van der Waals surface area contributed by atoms with Crippen LogP contribution < -0.4 is 5.32 Å². The number of halogens is 1. The van der Waals surface area contributed by atoms with Crippen molar-refractivity contribution < 1.29 is 14.3 Å². The molecule has 0 bridgehead atoms. The summed E-state index contributed by atoms with van der Waals surface area (Å²) in [5, 5.41) is 3.31. The van der Waals surface area contributed by atoms with Crippen LogP contribution in [0.5, 0.6) is 0 Å². The molecule has 0 aromatic rings. The molecule has 2 aliphatic rings. The number of hydrogen-bond donors (Lipinski definition) is 1. The molecule has 1 fully saturated rings. The lowest BCUT2D eigenvalue weighted by Crippen LogP contribution is -2.57. The molecule has 1 unspecified atom stereocenters. The lowest BCUT2D eigenvalue weighted by molar-refractivity contribution is 0.0137. The van der Waals surface area contributed by atoms with Crippen LogP contribution in [0.1, 0.15) is 27.7 Å². The zero-order valence-corrected chi connectivity index (χ0v) is 16.8. The number of amides is 1. The van der Waals surface area contributed by atoms with Crippen LogP contribution >= 0.6 is 24.0 Å². The zero-order chi connectivity index (χ0) is 16.2. The topological polar surface area (TPSA) is 66.4 Å². The normalized spacial score (nSPS) is 20.5. The Bertz CT molecular complexity index is 425. The van der Waals surface area contributed by atoms with Gasteiger partial charge in [-0.25, -0.2) is 4.79 Å². The number of nitrogens with one attached hydrogen (secondary N) is 1. The molecule has 8 heteroatoms. The van der Waals surface area contributed by atoms with E-state index in [-0.39, 0.29) is 36.1 Å². The summed E-state index contributed by atoms with van der Waals surface area (Å²) in [6.07, 6.45) is -0.232. The molecular formula is C15H29IN4O3. The Kier molecular flexibility index (Phi) is 7.85. The fourth-order valence-corrected chi connectivity index (χ4v) is 2.60. The number of hydrogen-bond acceptors (Lipinski definition) is 6. The zero-order valence-electron chi connectivity index (χ0n) is 14.5. The van der Waals surface area contributed by atoms with Crippen LogP contribution in [-0.4, -0.2) is 79.4 Å². The average Bonchev–Trinajstić information content (AvgIpc) is 2.84. The van der Waals surface area contributed by atoms with Gasteiger partial charge in [-0.15, -0.1) is 24.0 Å². The van der Waals surface area contributed by atoms with Crippen LogP contribution in [0.25, 0.3) is 0 Å². The molecule has 134 valence electrons. The minimum Gasteiger partial charge on any atom is -0.444 e. The number of guanidine groups is 1. The maximum absolute atomic E-state index is 12.1. The predicted octanol–water partition coefficient (Wildman–Crippen LogP) is 1.52. The summed E-state index contributed by atoms with van der Waals surface area (Å²) in [4.78, 5) is 20.7. The average molecular weight is 440 g/mol. The van der Waals surface area contributed by atoms with Gasteiger partial charge in [0.15, 0.2) is 5.96 Å². The van der Waals surface area contributed by atoms with E-state index in [0.29, 0.717) is 19.7 Å². The quantitative estimate of drug-likeness (QED) is 0.531. The van der Waals surface area contributed by atoms with E-state index in [1.807, 2.05) is 27.7 Å². The van der Waals surface area contributed by atoms with Gasteiger partial charge in [0.25, 0.3) is 0 Å². The summed E-state index contributed by atoms with van der Waals surface area (Å²) in [7, 11) is 0. The van der Waals surface area contributed by atoms with Crippen molar-refractivity contribution in [3.8, 4) is 0 Å². The number of rotatable bonds is 4. The van der Waals surface area contributed by atoms with E-state index in [2.05, 4.69) is 15.2 Å². The van der Waals surface area contributed by atoms with E-state index in [4.69, 9.17) is 9.47 Å². The van der Waals surface area contributed by atoms with E-state index >= 15 is 0 Å². The second kappa shape index (κ2) is 8.91. The molecule has 0 radical (unpaired) electrons. The van der Waals surface area contributed by atoms with Gasteiger partial charge in [-0.05, 0) is 27.7 Å². The summed E-state index contributed by atoms with van der Waals surface area (Å²) in [6, 6.07) is 0.246. The first kappa shape index (κ1) is 20.3. The van der Waals surface area contributed by atoms with Crippen molar-refractivity contribution in [1.29, 1.82) is 0 Å². The molecule has 2 rings (SSSR count). The Morgan fingerprint density at radius 3 is 2.78 bits per heavy atom. The third-order valence-electron chi connectivity index (χ3n) is 3.59. The third kappa shape index (κ3) is 5.98. The maximum Gasteiger partial charge on any atom is 0.410 e. The van der Waals surface area contributed by atoms with Crippen molar-refractivity contribution in [2.24, 2.45) is 4.99 Å². The smallest absolute Gasteiger partial charge is 0.410 e. The van der Waals surface area contributed by atoms with Crippen molar-refractivity contribution in [3.05, 3.63) is 0 Å². The number of carbonyl (C=O) groups excluding carboxylic acids is 1. The minimum absolute atomic E-state index is 0. The van der Waals surface area contributed by atoms with Gasteiger partial charge < -0.3 is 24.6 Å². The second-order valence-corrected chi connectivity index (χ2v) is 6.56. The lowest BCUT2D eigenvalue weighted by atomic mass is 10.2. The van der Waals surface area contributed by atoms with Gasteiger partial charge in [0, 0.05) is 32.8 Å². The SMILES string of the molecule is CCOCCNC1=NCC2CN(C(=O)OC(C)(C)C)CCN12.I. The van der Waals surface area contributed by atoms with Gasteiger partial charge in [-0.1, -0.05) is 0 Å². The molecule has 0 saturated carbocycles. The van der Waals surface area contributed by atoms with E-state index in [0.717, 1.165) is 32.2 Å². The van der Waals surface area contributed by atoms with Gasteiger partial charge >= 0.3 is 6.09 Å². The molecule has 0 aromatic carbocycles. The number of ether oxygens (including phenoxy) is 2. The van der Waals surface area contributed by atoms with Gasteiger partial charge in [0.2, 0.25) is 0 Å². The Morgan fingerprint density at radius 2 is 2.13 bits per heavy atom. The molecule has 1 N–H and O–H groups in total. The van der Waals surface area contributed by atoms with E-state index in [9.17, 15) is 4.79 Å². The molecule has 0 aliphatic carbocycles. The van der Waals surface area contributed by atoms with Crippen LogP contribution in [0.15, 0.2) is 4.99 Å². The highest BCUT2D eigenvalue weighted by Crippen LogP contribution is 2.18. The number of carbonyl (C=O) groups is 1. The molecule has 23 heavy (non-hydrogen) atoms. The highest BCUT2D eigenvalue weighted by molar-refractivity contribution is 14.0. The molecule has 1 saturated heterocycles. The molecule has 2 heterocycles. The standard InChI is InChI=1S/C15H28N4O3.HI/c1-5-21-9-6-16-13-17-10-12-11-18(7-8-19(12)13)14(20)22-15(2,3)4;/h12H,5-11H2,1-4H3,(H,16,17);1H. The summed E-state index contributed by atoms with van der Waals surface area (Å²) in [6.45, 7) is 12.6. The van der Waals surface area contributed by atoms with Crippen molar-refractivity contribution in [2.45, 2.75) is 39.3 Å². The van der Waals surface area contributed by atoms with Crippen LogP contribution in [0, 0.1) is 0 Å². The fourth-order valence-electron chi connectivity index (χ4n) is 2.60. The summed E-state index contributed by atoms with van der Waals surface area (Å²) >= 11 is 0. The first-order chi connectivity index (χ1) is 10.4. The van der Waals surface area contributed by atoms with Crippen LogP contribution in [0.4, 0.5) is 4.79 Å². The second-order valence-electron chi connectivity index (χ2n) is 6.56. The molecule has 0 aromatic heterocycles. The lowest BCUT2D eigenvalue weighted by Gasteiger charge is -2.39. The maximum atomic E-state index is 12.1. The van der Waals surface area contributed by atoms with E-state index in [1.165, 1.54) is 0 Å². The van der Waals surface area contributed by atoms with Gasteiger partial charge in [-0.2, -0.15) is 0 Å². The van der Waals surface area contributed by atoms with Crippen molar-refractivity contribution >= 4 is 36.0 Å². The first-order valence-corrected chi connectivity index (χ1v) is 8.01. The Labute approximate surface area is 155 Å². The number of piperazine rings is 1. The minimum atomic E-state index is -0.452. The third-order valence-corrected chi connectivity index (χ3v) is 3.59. The van der Waals surface area contributed by atoms with Crippen LogP contribution in [0.2, 0.25) is 0 Å². The molecule has 7 nitrogen and oxygen atoms in total. The van der Waals surface area contributed by atoms with Crippen LogP contribution in [-0.2, 0) is 9.47 Å². The molecule has 0 spiro atoms. The Hall–Kier alpha value is -0.770. The summed E-state index contributed by atoms with van der Waals surface area (Å²) in [5.41, 5.74) is -0.452. The molecule has 1 atom stereocenters. The van der Waals surface area contributed by atoms with E-state index < -0.39 is 5.60 Å². The highest BCUT2D eigenvalue weighted by Gasteiger charge is 2.36. The Morgan fingerprint density at radius 1 is 1.39 bits per heavy atom. The Balaban J connectivity index is 0.00000264. The van der Waals surface area contributed by atoms with Crippen molar-refractivity contribution in [1.82, 2.24) is 15.1 Å². The van der Waals surface area contributed by atoms with Gasteiger partial charge in [0.1, 0.15) is 5.60 Å². The van der Waals surface area contributed by atoms with Crippen LogP contribution in [0.3, 0.4) is 0 Å². The molecule has 1 amide bonds. The van der Waals surface area contributed by atoms with E-state index in [1.54, 1.807) is 4.90 Å². The molecule has 2 aliphatic heterocycles. The highest BCUT2D eigenvalue weighted by atomic mass is 127. The number of aliphatic imine (C=N–C) groups is 1. The van der Waals surface area contributed by atoms with Crippen molar-refractivity contribution in [3.63, 3.8) is 0 Å². The summed E-state index contributed by atoms with van der Waals surface area (Å²) in [5.74, 6) is 0.925. The van der Waals surface area contributed by atoms with Gasteiger partial charge in [0.05, 0.1) is 19.2 Å². The van der Waals surface area contributed by atoms with Crippen molar-refractivity contribution in [2.75, 3.05) is 45.9 Å². The monoisotopic (exact) mass is 440 g/mol. The van der Waals surface area contributed by atoms with Gasteiger partial charge in [-0.3, -0.25) is 4.99 Å². The fraction of sp³-hybridized carbons (Fsp3) is 0.867. The largest absolute Gasteiger partial charge is 0.444 e. The number of fused-ring (bicyclic) bond motifs is 1. The number of nitrogens with zero attached hydrogens (tertiary/aromatic N) is 3. The first-order valence-electron chi connectivity index (χ1n) is 8.01. The molecular weight excluding hydrogens is 411 g/mol. The summed E-state index contributed by atoms with van der Waals surface area (Å²) < 4.78 is 10.8.